The van der Waals surface area contributed by atoms with Crippen LogP contribution in [0.15, 0.2) is 156 Å². The van der Waals surface area contributed by atoms with Gasteiger partial charge in [-0.2, -0.15) is 0 Å². The lowest BCUT2D eigenvalue weighted by molar-refractivity contribution is 0.669. The molecule has 0 aliphatic heterocycles. The maximum Gasteiger partial charge on any atom is 0.165 e. The van der Waals surface area contributed by atoms with Crippen LogP contribution in [-0.4, -0.2) is 15.0 Å². The van der Waals surface area contributed by atoms with Gasteiger partial charge >= 0.3 is 0 Å². The van der Waals surface area contributed by atoms with E-state index in [1.54, 1.807) is 0 Å². The molecule has 2 aromatic heterocycles. The van der Waals surface area contributed by atoms with E-state index in [0.29, 0.717) is 17.5 Å². The van der Waals surface area contributed by atoms with Crippen molar-refractivity contribution >= 4 is 43.5 Å². The van der Waals surface area contributed by atoms with Crippen LogP contribution in [0.5, 0.6) is 0 Å². The van der Waals surface area contributed by atoms with E-state index in [1.807, 2.05) is 54.6 Å². The average Bonchev–Trinajstić information content (AvgIpc) is 3.48. The molecule has 0 spiro atoms. The van der Waals surface area contributed by atoms with Crippen molar-refractivity contribution < 1.29 is 4.42 Å². The van der Waals surface area contributed by atoms with Gasteiger partial charge in [0, 0.05) is 27.5 Å². The van der Waals surface area contributed by atoms with Gasteiger partial charge in [0.1, 0.15) is 11.2 Å². The van der Waals surface area contributed by atoms with E-state index < -0.39 is 0 Å². The Morgan fingerprint density at radius 3 is 1.73 bits per heavy atom. The molecule has 0 amide bonds. The fourth-order valence-corrected chi connectivity index (χ4v) is 6.30. The molecule has 4 heteroatoms. The van der Waals surface area contributed by atoms with Gasteiger partial charge in [-0.15, -0.1) is 0 Å². The molecule has 0 aliphatic rings. The Morgan fingerprint density at radius 2 is 0.933 bits per heavy atom. The molecule has 0 saturated heterocycles. The molecule has 9 aromatic rings. The minimum atomic E-state index is 0.616. The van der Waals surface area contributed by atoms with E-state index in [9.17, 15) is 0 Å². The number of hydrogen-bond acceptors (Lipinski definition) is 4. The minimum Gasteiger partial charge on any atom is -0.456 e. The Hall–Kier alpha value is -6.13. The molecule has 9 rings (SSSR count). The van der Waals surface area contributed by atoms with E-state index in [-0.39, 0.29) is 0 Å². The van der Waals surface area contributed by atoms with Crippen LogP contribution in [-0.2, 0) is 0 Å². The summed E-state index contributed by atoms with van der Waals surface area (Å²) >= 11 is 0. The van der Waals surface area contributed by atoms with Crippen molar-refractivity contribution in [2.45, 2.75) is 0 Å². The third-order valence-electron chi connectivity index (χ3n) is 8.51. The van der Waals surface area contributed by atoms with Gasteiger partial charge < -0.3 is 4.42 Å². The van der Waals surface area contributed by atoms with Crippen LogP contribution >= 0.6 is 0 Å². The van der Waals surface area contributed by atoms with Gasteiger partial charge in [0.25, 0.3) is 0 Å². The number of aromatic nitrogens is 3. The molecule has 0 radical (unpaired) electrons. The molecule has 2 heterocycles. The Bertz CT molecular complexity index is 2530. The number of nitrogens with zero attached hydrogens (tertiary/aromatic N) is 3. The predicted molar refractivity (Wildman–Crippen MR) is 184 cm³/mol. The Labute approximate surface area is 259 Å². The summed E-state index contributed by atoms with van der Waals surface area (Å²) in [6.07, 6.45) is 0. The van der Waals surface area contributed by atoms with Crippen LogP contribution in [0, 0.1) is 0 Å². The highest BCUT2D eigenvalue weighted by molar-refractivity contribution is 6.20. The van der Waals surface area contributed by atoms with Crippen LogP contribution in [0.1, 0.15) is 0 Å². The maximum absolute atomic E-state index is 6.36. The SMILES string of the molecule is c1ccc(-c2nc(-c3ccc(-c4ccc5ccccc5c4)cc3)nc(-c3c4ccccc4cc4oc5ccccc5c34)n2)cc1. The molecule has 0 aliphatic carbocycles. The van der Waals surface area contributed by atoms with Crippen molar-refractivity contribution in [1.82, 2.24) is 15.0 Å². The summed E-state index contributed by atoms with van der Waals surface area (Å²) in [4.78, 5) is 15.3. The van der Waals surface area contributed by atoms with Gasteiger partial charge in [-0.25, -0.2) is 15.0 Å². The second-order valence-corrected chi connectivity index (χ2v) is 11.3. The number of furan rings is 1. The molecule has 0 saturated carbocycles. The van der Waals surface area contributed by atoms with Gasteiger partial charge in [-0.1, -0.05) is 133 Å². The standard InChI is InChI=1S/C41H25N3O/c1-2-11-28(12-3-1)39-42-40(29-21-18-27(19-22-29)31-23-20-26-10-4-5-13-30(26)24-31)44-41(43-39)38-33-15-7-6-14-32(33)25-36-37(38)34-16-8-9-17-35(34)45-36/h1-25H. The number of benzene rings is 7. The highest BCUT2D eigenvalue weighted by Gasteiger charge is 2.20. The summed E-state index contributed by atoms with van der Waals surface area (Å²) in [6, 6.07) is 52.2. The van der Waals surface area contributed by atoms with Crippen LogP contribution < -0.4 is 0 Å². The lowest BCUT2D eigenvalue weighted by Crippen LogP contribution is -2.01. The third-order valence-corrected chi connectivity index (χ3v) is 8.51. The smallest absolute Gasteiger partial charge is 0.165 e. The van der Waals surface area contributed by atoms with Crippen molar-refractivity contribution in [2.75, 3.05) is 0 Å². The topological polar surface area (TPSA) is 51.8 Å². The van der Waals surface area contributed by atoms with Crippen molar-refractivity contribution in [3.63, 3.8) is 0 Å². The first-order valence-corrected chi connectivity index (χ1v) is 15.0. The van der Waals surface area contributed by atoms with Gasteiger partial charge in [0.2, 0.25) is 0 Å². The van der Waals surface area contributed by atoms with Crippen molar-refractivity contribution in [3.8, 4) is 45.3 Å². The predicted octanol–water partition coefficient (Wildman–Crippen LogP) is 10.7. The second kappa shape index (κ2) is 10.2. The van der Waals surface area contributed by atoms with Crippen LogP contribution in [0.25, 0.3) is 88.8 Å². The number of rotatable bonds is 4. The molecular formula is C41H25N3O. The fourth-order valence-electron chi connectivity index (χ4n) is 6.30. The lowest BCUT2D eigenvalue weighted by Gasteiger charge is -2.12. The summed E-state index contributed by atoms with van der Waals surface area (Å²) in [5.74, 6) is 1.87. The van der Waals surface area contributed by atoms with Crippen molar-refractivity contribution in [2.24, 2.45) is 0 Å². The Kier molecular flexibility index (Phi) is 5.78. The molecule has 0 fully saturated rings. The van der Waals surface area contributed by atoms with Gasteiger partial charge in [0.05, 0.1) is 0 Å². The van der Waals surface area contributed by atoms with Gasteiger partial charge in [0.15, 0.2) is 17.5 Å². The zero-order valence-electron chi connectivity index (χ0n) is 24.2. The molecule has 210 valence electrons. The molecule has 4 nitrogen and oxygen atoms in total. The molecule has 0 atom stereocenters. The minimum absolute atomic E-state index is 0.616. The first kappa shape index (κ1) is 25.4. The molecule has 0 unspecified atom stereocenters. The summed E-state index contributed by atoms with van der Waals surface area (Å²) in [7, 11) is 0. The van der Waals surface area contributed by atoms with Crippen molar-refractivity contribution in [1.29, 1.82) is 0 Å². The maximum atomic E-state index is 6.36. The monoisotopic (exact) mass is 575 g/mol. The molecular weight excluding hydrogens is 550 g/mol. The quantitative estimate of drug-likeness (QED) is 0.209. The van der Waals surface area contributed by atoms with Gasteiger partial charge in [-0.05, 0) is 50.9 Å². The Balaban J connectivity index is 1.26. The highest BCUT2D eigenvalue weighted by Crippen LogP contribution is 2.41. The number of fused-ring (bicyclic) bond motifs is 5. The highest BCUT2D eigenvalue weighted by atomic mass is 16.3. The summed E-state index contributed by atoms with van der Waals surface area (Å²) < 4.78 is 6.36. The van der Waals surface area contributed by atoms with Crippen LogP contribution in [0.4, 0.5) is 0 Å². The number of para-hydroxylation sites is 1. The van der Waals surface area contributed by atoms with Crippen molar-refractivity contribution in [3.05, 3.63) is 152 Å². The first-order valence-electron chi connectivity index (χ1n) is 15.0. The molecule has 45 heavy (non-hydrogen) atoms. The zero-order chi connectivity index (χ0) is 29.7. The molecule has 0 bridgehead atoms. The van der Waals surface area contributed by atoms with Crippen LogP contribution in [0.3, 0.4) is 0 Å². The number of hydrogen-bond donors (Lipinski definition) is 0. The van der Waals surface area contributed by atoms with E-state index in [1.165, 1.54) is 16.3 Å². The average molecular weight is 576 g/mol. The largest absolute Gasteiger partial charge is 0.456 e. The third kappa shape index (κ3) is 4.35. The summed E-state index contributed by atoms with van der Waals surface area (Å²) in [5, 5.41) is 6.64. The van der Waals surface area contributed by atoms with E-state index in [2.05, 4.69) is 97.1 Å². The normalized spacial score (nSPS) is 11.6. The summed E-state index contributed by atoms with van der Waals surface area (Å²) in [6.45, 7) is 0. The second-order valence-electron chi connectivity index (χ2n) is 11.3. The fraction of sp³-hybridized carbons (Fsp3) is 0. The van der Waals surface area contributed by atoms with E-state index in [4.69, 9.17) is 19.4 Å². The molecule has 0 N–H and O–H groups in total. The molecule has 7 aromatic carbocycles. The zero-order valence-corrected chi connectivity index (χ0v) is 24.2. The Morgan fingerprint density at radius 1 is 0.356 bits per heavy atom. The van der Waals surface area contributed by atoms with Gasteiger partial charge in [-0.3, -0.25) is 0 Å². The summed E-state index contributed by atoms with van der Waals surface area (Å²) in [5.41, 5.74) is 6.77. The first-order chi connectivity index (χ1) is 22.3. The van der Waals surface area contributed by atoms with E-state index in [0.717, 1.165) is 55.0 Å². The lowest BCUT2D eigenvalue weighted by atomic mass is 9.97. The van der Waals surface area contributed by atoms with Crippen LogP contribution in [0.2, 0.25) is 0 Å². The van der Waals surface area contributed by atoms with E-state index >= 15 is 0 Å².